The van der Waals surface area contributed by atoms with Crippen LogP contribution in [-0.2, 0) is 70.9 Å². The Morgan fingerprint density at radius 3 is 1.07 bits per heavy atom. The molecule has 9 nitrogen and oxygen atoms in total. The number of hydrogen-bond acceptors (Lipinski definition) is 9. The Morgan fingerprint density at radius 1 is 0.379 bits per heavy atom. The van der Waals surface area contributed by atoms with E-state index in [0.717, 1.165) is 27.8 Å². The standard InChI is InChI=1S/C47H50F2O9/c48-26-38-40(51-28-33-16-6-1-7-17-33)42(52-29-34-18-8-2-9-19-34)45(55-32-37-24-14-5-15-25-37)47(57-38)58-41-39(27-49)56-46(50)44(54-31-36-22-12-4-13-23-36)43(41)53-30-35-20-10-3-11-21-35/h1-25,38-47,50H,26-32H2/t38-,39-,40-,41-,42+,43+,44-,45-,46?,47+/m1/s1. The van der Waals surface area contributed by atoms with Gasteiger partial charge in [-0.1, -0.05) is 152 Å². The van der Waals surface area contributed by atoms with E-state index in [1.54, 1.807) is 0 Å². The fourth-order valence-corrected chi connectivity index (χ4v) is 7.22. The second kappa shape index (κ2) is 21.6. The molecule has 1 N–H and O–H groups in total. The first-order valence-corrected chi connectivity index (χ1v) is 19.6. The van der Waals surface area contributed by atoms with Gasteiger partial charge in [0.05, 0.1) is 33.0 Å². The number of ether oxygens (including phenoxy) is 8. The quantitative estimate of drug-likeness (QED) is 0.0904. The second-order valence-electron chi connectivity index (χ2n) is 14.3. The smallest absolute Gasteiger partial charge is 0.187 e. The van der Waals surface area contributed by atoms with Crippen molar-refractivity contribution >= 4 is 0 Å². The van der Waals surface area contributed by atoms with Crippen LogP contribution in [0, 0.1) is 0 Å². The van der Waals surface area contributed by atoms with Crippen molar-refractivity contribution in [3.05, 3.63) is 179 Å². The van der Waals surface area contributed by atoms with Crippen LogP contribution in [0.2, 0.25) is 0 Å². The van der Waals surface area contributed by atoms with Gasteiger partial charge in [-0.3, -0.25) is 0 Å². The molecule has 10 atom stereocenters. The van der Waals surface area contributed by atoms with E-state index in [1.165, 1.54) is 0 Å². The van der Waals surface area contributed by atoms with Gasteiger partial charge in [-0.2, -0.15) is 0 Å². The van der Waals surface area contributed by atoms with Crippen molar-refractivity contribution in [3.63, 3.8) is 0 Å². The average molecular weight is 797 g/mol. The van der Waals surface area contributed by atoms with E-state index in [2.05, 4.69) is 0 Å². The number of aliphatic hydroxyl groups is 1. The highest BCUT2D eigenvalue weighted by atomic mass is 19.1. The SMILES string of the molecule is OC1O[C@H](CF)[C@@H](O[C@@H]2O[C@H](CF)[C@@H](OCc3ccccc3)[C@H](OCc3ccccc3)[C@H]2OCc2ccccc2)[C@H](OCc2ccccc2)[C@H]1OCc1ccccc1. The minimum atomic E-state index is -1.56. The maximum Gasteiger partial charge on any atom is 0.187 e. The lowest BCUT2D eigenvalue weighted by Gasteiger charge is -2.49. The third-order valence-electron chi connectivity index (χ3n) is 10.2. The van der Waals surface area contributed by atoms with Gasteiger partial charge in [-0.15, -0.1) is 0 Å². The first kappa shape index (κ1) is 41.7. The van der Waals surface area contributed by atoms with E-state index in [0.29, 0.717) is 0 Å². The number of alkyl halides is 2. The van der Waals surface area contributed by atoms with Gasteiger partial charge < -0.3 is 43.0 Å². The van der Waals surface area contributed by atoms with Crippen LogP contribution in [0.3, 0.4) is 0 Å². The predicted molar refractivity (Wildman–Crippen MR) is 211 cm³/mol. The number of halogens is 2. The van der Waals surface area contributed by atoms with E-state index in [-0.39, 0.29) is 33.0 Å². The molecule has 0 aromatic heterocycles. The third kappa shape index (κ3) is 11.2. The van der Waals surface area contributed by atoms with Crippen LogP contribution in [0.1, 0.15) is 27.8 Å². The molecule has 2 fully saturated rings. The monoisotopic (exact) mass is 796 g/mol. The second-order valence-corrected chi connectivity index (χ2v) is 14.3. The molecule has 2 aliphatic rings. The largest absolute Gasteiger partial charge is 0.368 e. The summed E-state index contributed by atoms with van der Waals surface area (Å²) in [6.07, 6.45) is -11.7. The third-order valence-corrected chi connectivity index (χ3v) is 10.2. The van der Waals surface area contributed by atoms with E-state index < -0.39 is 74.8 Å². The molecule has 5 aromatic carbocycles. The van der Waals surface area contributed by atoms with Crippen LogP contribution in [-0.4, -0.2) is 79.9 Å². The minimum Gasteiger partial charge on any atom is -0.368 e. The van der Waals surface area contributed by atoms with Gasteiger partial charge in [-0.05, 0) is 27.8 Å². The van der Waals surface area contributed by atoms with Gasteiger partial charge in [0.15, 0.2) is 12.6 Å². The van der Waals surface area contributed by atoms with E-state index >= 15 is 8.78 Å². The van der Waals surface area contributed by atoms with Crippen LogP contribution in [0.25, 0.3) is 0 Å². The summed E-state index contributed by atoms with van der Waals surface area (Å²) in [5.41, 5.74) is 4.31. The average Bonchev–Trinajstić information content (AvgIpc) is 3.28. The first-order chi connectivity index (χ1) is 28.6. The molecular weight excluding hydrogens is 747 g/mol. The van der Waals surface area contributed by atoms with Crippen LogP contribution in [0.5, 0.6) is 0 Å². The van der Waals surface area contributed by atoms with Gasteiger partial charge in [0, 0.05) is 0 Å². The molecule has 0 aliphatic carbocycles. The molecule has 58 heavy (non-hydrogen) atoms. The fraction of sp³-hybridized carbons (Fsp3) is 0.362. The Labute approximate surface area is 338 Å². The van der Waals surface area contributed by atoms with Crippen molar-refractivity contribution in [2.75, 3.05) is 13.3 Å². The molecule has 11 heteroatoms. The lowest BCUT2D eigenvalue weighted by atomic mass is 9.96. The van der Waals surface area contributed by atoms with Crippen molar-refractivity contribution in [1.29, 1.82) is 0 Å². The van der Waals surface area contributed by atoms with Crippen molar-refractivity contribution in [2.45, 2.75) is 94.4 Å². The van der Waals surface area contributed by atoms with Crippen molar-refractivity contribution < 1.29 is 51.8 Å². The Morgan fingerprint density at radius 2 is 0.690 bits per heavy atom. The molecule has 0 bridgehead atoms. The Bertz CT molecular complexity index is 1880. The zero-order valence-electron chi connectivity index (χ0n) is 32.1. The summed E-state index contributed by atoms with van der Waals surface area (Å²) in [7, 11) is 0. The summed E-state index contributed by atoms with van der Waals surface area (Å²) in [4.78, 5) is 0. The molecule has 0 amide bonds. The summed E-state index contributed by atoms with van der Waals surface area (Å²) >= 11 is 0. The summed E-state index contributed by atoms with van der Waals surface area (Å²) in [5.74, 6) is 0. The summed E-state index contributed by atoms with van der Waals surface area (Å²) < 4.78 is 82.0. The zero-order chi connectivity index (χ0) is 39.9. The number of aliphatic hydroxyl groups excluding tert-OH is 1. The Kier molecular flexibility index (Phi) is 15.5. The van der Waals surface area contributed by atoms with E-state index in [1.807, 2.05) is 152 Å². The molecule has 306 valence electrons. The van der Waals surface area contributed by atoms with Gasteiger partial charge in [0.2, 0.25) is 0 Å². The maximum atomic E-state index is 15.3. The van der Waals surface area contributed by atoms with Crippen molar-refractivity contribution in [1.82, 2.24) is 0 Å². The summed E-state index contributed by atoms with van der Waals surface area (Å²) in [5, 5.41) is 11.3. The zero-order valence-corrected chi connectivity index (χ0v) is 32.1. The van der Waals surface area contributed by atoms with Crippen LogP contribution in [0.4, 0.5) is 8.78 Å². The number of rotatable bonds is 19. The fourth-order valence-electron chi connectivity index (χ4n) is 7.22. The molecule has 7 rings (SSSR count). The Hall–Kier alpha value is -4.40. The predicted octanol–water partition coefficient (Wildman–Crippen LogP) is 7.68. The lowest BCUT2D eigenvalue weighted by Crippen LogP contribution is -2.66. The lowest BCUT2D eigenvalue weighted by molar-refractivity contribution is -0.371. The number of hydrogen-bond donors (Lipinski definition) is 1. The van der Waals surface area contributed by atoms with E-state index in [9.17, 15) is 5.11 Å². The highest BCUT2D eigenvalue weighted by molar-refractivity contribution is 5.17. The molecule has 2 saturated heterocycles. The van der Waals surface area contributed by atoms with Gasteiger partial charge in [-0.25, -0.2) is 8.78 Å². The topological polar surface area (TPSA) is 94.1 Å². The number of benzene rings is 5. The molecule has 0 spiro atoms. The van der Waals surface area contributed by atoms with Crippen molar-refractivity contribution in [2.24, 2.45) is 0 Å². The molecule has 2 heterocycles. The molecule has 0 radical (unpaired) electrons. The first-order valence-electron chi connectivity index (χ1n) is 19.6. The highest BCUT2D eigenvalue weighted by Gasteiger charge is 2.54. The minimum absolute atomic E-state index is 0.0903. The molecular formula is C47H50F2O9. The molecule has 2 aliphatic heterocycles. The molecule has 1 unspecified atom stereocenters. The van der Waals surface area contributed by atoms with Gasteiger partial charge in [0.25, 0.3) is 0 Å². The highest BCUT2D eigenvalue weighted by Crippen LogP contribution is 2.36. The van der Waals surface area contributed by atoms with Crippen molar-refractivity contribution in [3.8, 4) is 0 Å². The van der Waals surface area contributed by atoms with E-state index in [4.69, 9.17) is 37.9 Å². The van der Waals surface area contributed by atoms with Crippen LogP contribution >= 0.6 is 0 Å². The van der Waals surface area contributed by atoms with Gasteiger partial charge >= 0.3 is 0 Å². The maximum absolute atomic E-state index is 15.3. The van der Waals surface area contributed by atoms with Gasteiger partial charge in [0.1, 0.15) is 62.2 Å². The summed E-state index contributed by atoms with van der Waals surface area (Å²) in [6.45, 7) is -1.36. The Balaban J connectivity index is 1.22. The molecule has 5 aromatic rings. The molecule has 0 saturated carbocycles. The van der Waals surface area contributed by atoms with Crippen LogP contribution in [0.15, 0.2) is 152 Å². The normalized spacial score (nSPS) is 27.3. The van der Waals surface area contributed by atoms with Crippen LogP contribution < -0.4 is 0 Å². The summed E-state index contributed by atoms with van der Waals surface area (Å²) in [6, 6.07) is 47.6.